The van der Waals surface area contributed by atoms with Crippen LogP contribution in [0.15, 0.2) is 28.9 Å². The zero-order valence-corrected chi connectivity index (χ0v) is 10.3. The molecule has 2 N–H and O–H groups in total. The molecule has 0 aliphatic rings. The Morgan fingerprint density at radius 1 is 1.44 bits per heavy atom. The first-order valence-electron chi connectivity index (χ1n) is 5.60. The first-order chi connectivity index (χ1) is 8.63. The van der Waals surface area contributed by atoms with Gasteiger partial charge in [-0.1, -0.05) is 12.1 Å². The molecule has 2 rings (SSSR count). The molecule has 0 unspecified atom stereocenters. The van der Waals surface area contributed by atoms with Crippen LogP contribution in [-0.4, -0.2) is 22.8 Å². The van der Waals surface area contributed by atoms with E-state index in [0.717, 1.165) is 11.3 Å². The highest BCUT2D eigenvalue weighted by atomic mass is 16.6. The lowest BCUT2D eigenvalue weighted by Gasteiger charge is -2.20. The summed E-state index contributed by atoms with van der Waals surface area (Å²) in [6.45, 7) is 4.35. The maximum atomic E-state index is 12.3. The number of nitrogens with zero attached hydrogens (tertiary/aromatic N) is 3. The molecule has 0 aliphatic carbocycles. The molecule has 6 nitrogen and oxygen atoms in total. The third-order valence-electron chi connectivity index (χ3n) is 2.59. The van der Waals surface area contributed by atoms with Gasteiger partial charge >= 0.3 is 0 Å². The van der Waals surface area contributed by atoms with E-state index in [-0.39, 0.29) is 17.4 Å². The number of carbonyl (C=O) groups is 1. The minimum atomic E-state index is -0.318. The first-order valence-corrected chi connectivity index (χ1v) is 5.60. The lowest BCUT2D eigenvalue weighted by molar-refractivity contribution is 0.0979. The van der Waals surface area contributed by atoms with Crippen LogP contribution in [0, 0.1) is 6.92 Å². The highest BCUT2D eigenvalue weighted by Gasteiger charge is 2.22. The van der Waals surface area contributed by atoms with Crippen molar-refractivity contribution in [2.75, 3.05) is 17.2 Å². The van der Waals surface area contributed by atoms with Crippen molar-refractivity contribution in [3.63, 3.8) is 0 Å². The molecule has 0 bridgehead atoms. The second-order valence-electron chi connectivity index (χ2n) is 3.89. The smallest absolute Gasteiger partial charge is 0.284 e. The zero-order chi connectivity index (χ0) is 13.1. The molecule has 1 aromatic heterocycles. The summed E-state index contributed by atoms with van der Waals surface area (Å²) in [6.07, 6.45) is 0. The number of hydrogen-bond donors (Lipinski definition) is 1. The number of amides is 1. The molecule has 0 fully saturated rings. The second kappa shape index (κ2) is 4.87. The Hall–Kier alpha value is -2.37. The van der Waals surface area contributed by atoms with Gasteiger partial charge in [-0.05, 0) is 41.9 Å². The number of rotatable bonds is 3. The lowest BCUT2D eigenvalue weighted by Crippen LogP contribution is -2.31. The maximum absolute atomic E-state index is 12.3. The summed E-state index contributed by atoms with van der Waals surface area (Å²) in [5.74, 6) is -0.312. The van der Waals surface area contributed by atoms with Crippen molar-refractivity contribution in [2.24, 2.45) is 0 Å². The molecule has 1 amide bonds. The Bertz CT molecular complexity index is 565. The van der Waals surface area contributed by atoms with Crippen molar-refractivity contribution in [3.05, 3.63) is 35.5 Å². The van der Waals surface area contributed by atoms with Gasteiger partial charge in [-0.25, -0.2) is 4.63 Å². The fraction of sp³-hybridized carbons (Fsp3) is 0.250. The number of carbonyl (C=O) groups excluding carboxylic acids is 1. The van der Waals surface area contributed by atoms with Crippen molar-refractivity contribution >= 4 is 17.4 Å². The van der Waals surface area contributed by atoms with Gasteiger partial charge in [0.2, 0.25) is 11.5 Å². The van der Waals surface area contributed by atoms with Crippen LogP contribution < -0.4 is 10.6 Å². The number of anilines is 2. The van der Waals surface area contributed by atoms with Crippen LogP contribution in [0.25, 0.3) is 0 Å². The minimum Gasteiger partial charge on any atom is -0.379 e. The summed E-state index contributed by atoms with van der Waals surface area (Å²) < 4.78 is 4.45. The lowest BCUT2D eigenvalue weighted by atomic mass is 10.2. The van der Waals surface area contributed by atoms with E-state index in [0.29, 0.717) is 6.54 Å². The van der Waals surface area contributed by atoms with E-state index >= 15 is 0 Å². The minimum absolute atomic E-state index is 0.00565. The van der Waals surface area contributed by atoms with Crippen LogP contribution in [0.4, 0.5) is 11.5 Å². The van der Waals surface area contributed by atoms with Crippen molar-refractivity contribution in [1.29, 1.82) is 0 Å². The molecule has 18 heavy (non-hydrogen) atoms. The molecule has 94 valence electrons. The molecule has 2 aromatic rings. The summed E-state index contributed by atoms with van der Waals surface area (Å²) in [5, 5.41) is 6.94. The molecular weight excluding hydrogens is 232 g/mol. The van der Waals surface area contributed by atoms with E-state index < -0.39 is 0 Å². The topological polar surface area (TPSA) is 85.2 Å². The van der Waals surface area contributed by atoms with Crippen LogP contribution >= 0.6 is 0 Å². The molecule has 1 aromatic carbocycles. The average Bonchev–Trinajstić information content (AvgIpc) is 2.76. The highest BCUT2D eigenvalue weighted by molar-refractivity contribution is 6.07. The van der Waals surface area contributed by atoms with E-state index in [9.17, 15) is 4.79 Å². The largest absolute Gasteiger partial charge is 0.379 e. The van der Waals surface area contributed by atoms with Crippen molar-refractivity contribution in [3.8, 4) is 0 Å². The molecule has 0 saturated heterocycles. The molecule has 0 radical (unpaired) electrons. The fourth-order valence-corrected chi connectivity index (χ4v) is 1.71. The van der Waals surface area contributed by atoms with Crippen LogP contribution in [0.1, 0.15) is 23.0 Å². The van der Waals surface area contributed by atoms with Gasteiger partial charge in [0.1, 0.15) is 0 Å². The fourth-order valence-electron chi connectivity index (χ4n) is 1.71. The molecule has 0 spiro atoms. The van der Waals surface area contributed by atoms with Gasteiger partial charge in [-0.15, -0.1) is 0 Å². The van der Waals surface area contributed by atoms with Gasteiger partial charge in [0.25, 0.3) is 5.91 Å². The standard InChI is InChI=1S/C12H14N4O2/c1-3-16(9-6-4-5-8(2)7-9)12(17)10-11(13)15-18-14-10/h4-7H,3H2,1-2H3,(H2,13,15). The van der Waals surface area contributed by atoms with Crippen molar-refractivity contribution < 1.29 is 9.42 Å². The van der Waals surface area contributed by atoms with Gasteiger partial charge < -0.3 is 10.6 Å². The molecular formula is C12H14N4O2. The number of nitrogen functional groups attached to an aromatic ring is 1. The third kappa shape index (κ3) is 2.17. The third-order valence-corrected chi connectivity index (χ3v) is 2.59. The van der Waals surface area contributed by atoms with Crippen LogP contribution in [0.3, 0.4) is 0 Å². The summed E-state index contributed by atoms with van der Waals surface area (Å²) in [7, 11) is 0. The van der Waals surface area contributed by atoms with Crippen LogP contribution in [-0.2, 0) is 0 Å². The Labute approximate surface area is 104 Å². The SMILES string of the molecule is CCN(C(=O)c1nonc1N)c1cccc(C)c1. The Balaban J connectivity index is 2.35. The van der Waals surface area contributed by atoms with E-state index in [1.807, 2.05) is 38.1 Å². The van der Waals surface area contributed by atoms with Crippen molar-refractivity contribution in [1.82, 2.24) is 10.3 Å². The van der Waals surface area contributed by atoms with Crippen LogP contribution in [0.5, 0.6) is 0 Å². The predicted octanol–water partition coefficient (Wildman–Crippen LogP) is 1.63. The maximum Gasteiger partial charge on any atom is 0.284 e. The summed E-state index contributed by atoms with van der Waals surface area (Å²) >= 11 is 0. The zero-order valence-electron chi connectivity index (χ0n) is 10.3. The Morgan fingerprint density at radius 2 is 2.22 bits per heavy atom. The number of aromatic nitrogens is 2. The van der Waals surface area contributed by atoms with Gasteiger partial charge in [-0.2, -0.15) is 0 Å². The van der Waals surface area contributed by atoms with E-state index in [1.54, 1.807) is 4.90 Å². The monoisotopic (exact) mass is 246 g/mol. The number of aryl methyl sites for hydroxylation is 1. The predicted molar refractivity (Wildman–Crippen MR) is 67.2 cm³/mol. The van der Waals surface area contributed by atoms with E-state index in [1.165, 1.54) is 0 Å². The number of benzene rings is 1. The summed E-state index contributed by atoms with van der Waals surface area (Å²) in [5.41, 5.74) is 7.44. The van der Waals surface area contributed by atoms with Gasteiger partial charge in [-0.3, -0.25) is 4.79 Å². The normalized spacial score (nSPS) is 10.3. The average molecular weight is 246 g/mol. The number of hydrogen-bond acceptors (Lipinski definition) is 5. The van der Waals surface area contributed by atoms with E-state index in [2.05, 4.69) is 14.9 Å². The second-order valence-corrected chi connectivity index (χ2v) is 3.89. The highest BCUT2D eigenvalue weighted by Crippen LogP contribution is 2.19. The Kier molecular flexibility index (Phi) is 3.27. The first kappa shape index (κ1) is 12.1. The quantitative estimate of drug-likeness (QED) is 0.889. The Morgan fingerprint density at radius 3 is 2.78 bits per heavy atom. The molecule has 0 aliphatic heterocycles. The molecule has 0 saturated carbocycles. The van der Waals surface area contributed by atoms with Gasteiger partial charge in [0.15, 0.2) is 0 Å². The molecule has 6 heteroatoms. The van der Waals surface area contributed by atoms with Crippen molar-refractivity contribution in [2.45, 2.75) is 13.8 Å². The van der Waals surface area contributed by atoms with E-state index in [4.69, 9.17) is 5.73 Å². The number of nitrogens with two attached hydrogens (primary N) is 1. The summed E-state index contributed by atoms with van der Waals surface area (Å²) in [6, 6.07) is 7.64. The summed E-state index contributed by atoms with van der Waals surface area (Å²) in [4.78, 5) is 13.8. The molecule has 1 heterocycles. The molecule has 0 atom stereocenters. The van der Waals surface area contributed by atoms with Crippen LogP contribution in [0.2, 0.25) is 0 Å². The van der Waals surface area contributed by atoms with Gasteiger partial charge in [0, 0.05) is 12.2 Å². The van der Waals surface area contributed by atoms with Gasteiger partial charge in [0.05, 0.1) is 0 Å².